The summed E-state index contributed by atoms with van der Waals surface area (Å²) >= 11 is 0. The molecule has 1 aliphatic heterocycles. The summed E-state index contributed by atoms with van der Waals surface area (Å²) in [7, 11) is 3.46. The van der Waals surface area contributed by atoms with E-state index < -0.39 is 24.5 Å². The van der Waals surface area contributed by atoms with Gasteiger partial charge >= 0.3 is 6.18 Å². The summed E-state index contributed by atoms with van der Waals surface area (Å²) in [5.74, 6) is -1.45. The van der Waals surface area contributed by atoms with Crippen LogP contribution in [0.25, 0.3) is 17.1 Å². The van der Waals surface area contributed by atoms with E-state index in [1.807, 2.05) is 26.2 Å². The molecule has 1 aromatic heterocycles. The lowest BCUT2D eigenvalue weighted by Gasteiger charge is -2.32. The van der Waals surface area contributed by atoms with Crippen LogP contribution in [0.5, 0.6) is 11.5 Å². The number of aromatic nitrogens is 3. The average Bonchev–Trinajstić information content (AvgIpc) is 3.36. The molecule has 3 aromatic rings. The molecule has 1 saturated heterocycles. The van der Waals surface area contributed by atoms with E-state index in [0.29, 0.717) is 30.1 Å². The van der Waals surface area contributed by atoms with Gasteiger partial charge in [0.1, 0.15) is 18.0 Å². The van der Waals surface area contributed by atoms with Gasteiger partial charge in [-0.15, -0.1) is 10.2 Å². The molecule has 2 aromatic carbocycles. The van der Waals surface area contributed by atoms with Crippen molar-refractivity contribution in [1.29, 1.82) is 0 Å². The van der Waals surface area contributed by atoms with Crippen molar-refractivity contribution in [3.8, 4) is 28.6 Å². The highest BCUT2D eigenvalue weighted by Crippen LogP contribution is 2.38. The Balaban J connectivity index is 1.77. The number of methoxy groups -OCH3 is 1. The van der Waals surface area contributed by atoms with Gasteiger partial charge in [-0.3, -0.25) is 14.2 Å². The van der Waals surface area contributed by atoms with Crippen molar-refractivity contribution >= 4 is 11.8 Å². The van der Waals surface area contributed by atoms with Gasteiger partial charge in [-0.25, -0.2) is 0 Å². The summed E-state index contributed by atoms with van der Waals surface area (Å²) in [6, 6.07) is 9.31. The van der Waals surface area contributed by atoms with Crippen LogP contribution in [0.3, 0.4) is 0 Å². The Morgan fingerprint density at radius 1 is 1.07 bits per heavy atom. The number of phenolic OH excluding ortho intramolecular Hbond substituents is 1. The van der Waals surface area contributed by atoms with Gasteiger partial charge in [0.25, 0.3) is 11.8 Å². The van der Waals surface area contributed by atoms with E-state index in [9.17, 15) is 27.9 Å². The Hall–Kier alpha value is -4.13. The second kappa shape index (κ2) is 11.5. The highest BCUT2D eigenvalue weighted by Gasteiger charge is 2.31. The molecular weight excluding hydrogens is 529 g/mol. The van der Waals surface area contributed by atoms with Crippen LogP contribution < -0.4 is 10.1 Å². The highest BCUT2D eigenvalue weighted by molar-refractivity contribution is 5.95. The molecule has 0 radical (unpaired) electrons. The molecule has 2 heterocycles. The molecule has 0 aliphatic carbocycles. The molecule has 0 unspecified atom stereocenters. The number of piperazine rings is 1. The number of hydrogen-bond donors (Lipinski definition) is 2. The summed E-state index contributed by atoms with van der Waals surface area (Å²) < 4.78 is 45.1. The van der Waals surface area contributed by atoms with Crippen LogP contribution in [0, 0.1) is 0 Å². The number of carbonyl (C=O) groups excluding carboxylic acids is 2. The second-order valence-electron chi connectivity index (χ2n) is 9.89. The topological polar surface area (TPSA) is 113 Å². The molecule has 1 fully saturated rings. The molecule has 1 aliphatic rings. The quantitative estimate of drug-likeness (QED) is 0.455. The largest absolute Gasteiger partial charge is 0.507 e. The number of aromatic hydroxyl groups is 1. The summed E-state index contributed by atoms with van der Waals surface area (Å²) in [6.07, 6.45) is -4.63. The number of benzene rings is 2. The van der Waals surface area contributed by atoms with E-state index in [0.717, 1.165) is 18.7 Å². The van der Waals surface area contributed by atoms with Gasteiger partial charge in [0.2, 0.25) is 5.82 Å². The number of ether oxygens (including phenoxy) is 1. The van der Waals surface area contributed by atoms with E-state index in [1.54, 1.807) is 35.2 Å². The summed E-state index contributed by atoms with van der Waals surface area (Å²) in [4.78, 5) is 29.7. The lowest BCUT2D eigenvalue weighted by atomic mass is 9.98. The predicted molar refractivity (Wildman–Crippen MR) is 141 cm³/mol. The van der Waals surface area contributed by atoms with Crippen LogP contribution in [-0.4, -0.2) is 94.5 Å². The number of likely N-dealkylation sites (N-methyl/N-ethyl adjacent to an activating group) is 1. The molecule has 4 rings (SSSR count). The number of nitrogens with zero attached hydrogens (tertiary/aromatic N) is 5. The number of phenols is 1. The molecule has 214 valence electrons. The number of rotatable bonds is 7. The van der Waals surface area contributed by atoms with E-state index in [2.05, 4.69) is 15.1 Å². The SMILES string of the molecule is COc1cc(O)c(-c2nnc(C(=O)NCC(F)(F)F)n2-c2ccc(C(=O)N3CCN(C)CC3)cc2)cc1C(C)C. The van der Waals surface area contributed by atoms with Crippen LogP contribution >= 0.6 is 0 Å². The Bertz CT molecular complexity index is 1380. The van der Waals surface area contributed by atoms with Crippen molar-refractivity contribution in [1.82, 2.24) is 29.9 Å². The van der Waals surface area contributed by atoms with Crippen LogP contribution in [0.2, 0.25) is 0 Å². The molecular formula is C27H31F3N6O4. The summed E-state index contributed by atoms with van der Waals surface area (Å²) in [5.41, 5.74) is 1.67. The Morgan fingerprint density at radius 2 is 1.73 bits per heavy atom. The van der Waals surface area contributed by atoms with Crippen LogP contribution in [-0.2, 0) is 0 Å². The van der Waals surface area contributed by atoms with Gasteiger partial charge in [0.05, 0.1) is 12.7 Å². The van der Waals surface area contributed by atoms with Gasteiger partial charge in [-0.05, 0) is 48.9 Å². The molecule has 2 N–H and O–H groups in total. The van der Waals surface area contributed by atoms with Gasteiger partial charge in [0, 0.05) is 43.5 Å². The normalized spacial score (nSPS) is 14.4. The van der Waals surface area contributed by atoms with Crippen molar-refractivity contribution < 1.29 is 32.6 Å². The fourth-order valence-corrected chi connectivity index (χ4v) is 4.45. The molecule has 0 saturated carbocycles. The van der Waals surface area contributed by atoms with Crippen molar-refractivity contribution in [3.63, 3.8) is 0 Å². The number of nitrogens with one attached hydrogen (secondary N) is 1. The second-order valence-corrected chi connectivity index (χ2v) is 9.89. The molecule has 0 spiro atoms. The first-order valence-electron chi connectivity index (χ1n) is 12.7. The van der Waals surface area contributed by atoms with Crippen LogP contribution in [0.15, 0.2) is 36.4 Å². The maximum absolute atomic E-state index is 13.0. The van der Waals surface area contributed by atoms with Gasteiger partial charge < -0.3 is 25.0 Å². The first-order chi connectivity index (χ1) is 18.9. The van der Waals surface area contributed by atoms with E-state index >= 15 is 0 Å². The highest BCUT2D eigenvalue weighted by atomic mass is 19.4. The number of alkyl halides is 3. The number of halogens is 3. The van der Waals surface area contributed by atoms with E-state index in [1.165, 1.54) is 17.7 Å². The van der Waals surface area contributed by atoms with Crippen molar-refractivity contribution in [2.24, 2.45) is 0 Å². The fourth-order valence-electron chi connectivity index (χ4n) is 4.45. The zero-order valence-corrected chi connectivity index (χ0v) is 22.6. The van der Waals surface area contributed by atoms with Crippen LogP contribution in [0.4, 0.5) is 13.2 Å². The minimum Gasteiger partial charge on any atom is -0.507 e. The zero-order valence-electron chi connectivity index (χ0n) is 22.6. The summed E-state index contributed by atoms with van der Waals surface area (Å²) in [5, 5.41) is 20.6. The molecule has 0 bridgehead atoms. The summed E-state index contributed by atoms with van der Waals surface area (Å²) in [6.45, 7) is 4.99. The van der Waals surface area contributed by atoms with Crippen LogP contribution in [0.1, 0.15) is 46.3 Å². The first-order valence-corrected chi connectivity index (χ1v) is 12.7. The lowest BCUT2D eigenvalue weighted by Crippen LogP contribution is -2.47. The van der Waals surface area contributed by atoms with Gasteiger partial charge in [-0.2, -0.15) is 13.2 Å². The Kier molecular flexibility index (Phi) is 8.33. The maximum atomic E-state index is 13.0. The monoisotopic (exact) mass is 560 g/mol. The average molecular weight is 561 g/mol. The number of hydrogen-bond acceptors (Lipinski definition) is 7. The first kappa shape index (κ1) is 28.9. The molecule has 2 amide bonds. The molecule has 10 nitrogen and oxygen atoms in total. The molecule has 0 atom stereocenters. The number of amides is 2. The van der Waals surface area contributed by atoms with Gasteiger partial charge in [-0.1, -0.05) is 13.8 Å². The van der Waals surface area contributed by atoms with Crippen molar-refractivity contribution in [2.45, 2.75) is 25.9 Å². The minimum absolute atomic E-state index is 0.0138. The lowest BCUT2D eigenvalue weighted by molar-refractivity contribution is -0.123. The Morgan fingerprint density at radius 3 is 2.30 bits per heavy atom. The molecule has 40 heavy (non-hydrogen) atoms. The molecule has 13 heteroatoms. The third-order valence-electron chi connectivity index (χ3n) is 6.69. The third-order valence-corrected chi connectivity index (χ3v) is 6.69. The predicted octanol–water partition coefficient (Wildman–Crippen LogP) is 3.45. The Labute approximate surface area is 229 Å². The van der Waals surface area contributed by atoms with Crippen molar-refractivity contribution in [2.75, 3.05) is 46.9 Å². The van der Waals surface area contributed by atoms with Gasteiger partial charge in [0.15, 0.2) is 5.82 Å². The third kappa shape index (κ3) is 6.19. The minimum atomic E-state index is -4.63. The number of carbonyl (C=O) groups is 2. The zero-order chi connectivity index (χ0) is 29.2. The van der Waals surface area contributed by atoms with E-state index in [4.69, 9.17) is 4.74 Å². The van der Waals surface area contributed by atoms with E-state index in [-0.39, 0.29) is 29.0 Å². The fraction of sp³-hybridized carbons (Fsp3) is 0.407. The standard InChI is InChI=1S/C27H31F3N6O4/c1-16(2)19-13-20(21(37)14-22(19)40-4)23-32-33-24(25(38)31-15-27(28,29)30)36(23)18-7-5-17(6-8-18)26(39)35-11-9-34(3)10-12-35/h5-8,13-14,16,37H,9-12,15H2,1-4H3,(H,31,38). The maximum Gasteiger partial charge on any atom is 0.405 e. The van der Waals surface area contributed by atoms with Crippen molar-refractivity contribution in [3.05, 3.63) is 53.3 Å². The smallest absolute Gasteiger partial charge is 0.405 e.